The number of carbonyl (C=O) groups excluding carboxylic acids is 1. The Morgan fingerprint density at radius 3 is 2.36 bits per heavy atom. The first-order chi connectivity index (χ1) is 10.6. The minimum atomic E-state index is -0.753. The zero-order chi connectivity index (χ0) is 15.9. The predicted octanol–water partition coefficient (Wildman–Crippen LogP) is 3.17. The molecule has 4 nitrogen and oxygen atoms in total. The molecule has 22 heavy (non-hydrogen) atoms. The van der Waals surface area contributed by atoms with Gasteiger partial charge in [-0.3, -0.25) is 4.79 Å². The van der Waals surface area contributed by atoms with Gasteiger partial charge in [0, 0.05) is 19.8 Å². The molecule has 4 heteroatoms. The van der Waals surface area contributed by atoms with Crippen molar-refractivity contribution >= 4 is 5.91 Å². The van der Waals surface area contributed by atoms with Crippen LogP contribution < -0.4 is 5.32 Å². The molecule has 0 aromatic rings. The summed E-state index contributed by atoms with van der Waals surface area (Å²) in [4.78, 5) is 12.2. The highest BCUT2D eigenvalue weighted by molar-refractivity contribution is 5.77. The van der Waals surface area contributed by atoms with Gasteiger partial charge in [0.05, 0.1) is 12.0 Å². The molecule has 0 heterocycles. The molecular formula is C18H33NO3. The summed E-state index contributed by atoms with van der Waals surface area (Å²) in [5, 5.41) is 13.6. The Labute approximate surface area is 135 Å². The summed E-state index contributed by atoms with van der Waals surface area (Å²) in [5.41, 5.74) is -0.531. The lowest BCUT2D eigenvalue weighted by atomic mass is 9.81. The first kappa shape index (κ1) is 17.7. The van der Waals surface area contributed by atoms with E-state index in [2.05, 4.69) is 5.32 Å². The van der Waals surface area contributed by atoms with Crippen molar-refractivity contribution in [2.24, 2.45) is 5.41 Å². The highest BCUT2D eigenvalue weighted by Gasteiger charge is 2.35. The molecule has 2 aliphatic carbocycles. The number of nitrogens with one attached hydrogen (secondary N) is 1. The highest BCUT2D eigenvalue weighted by Crippen LogP contribution is 2.40. The Kier molecular flexibility index (Phi) is 6.69. The third kappa shape index (κ3) is 5.24. The van der Waals surface area contributed by atoms with Gasteiger partial charge in [0.15, 0.2) is 0 Å². The molecule has 0 bridgehead atoms. The molecule has 0 spiro atoms. The van der Waals surface area contributed by atoms with Crippen LogP contribution in [0.5, 0.6) is 0 Å². The maximum Gasteiger partial charge on any atom is 0.222 e. The van der Waals surface area contributed by atoms with E-state index in [-0.39, 0.29) is 17.7 Å². The van der Waals surface area contributed by atoms with Crippen molar-refractivity contribution in [3.63, 3.8) is 0 Å². The summed E-state index contributed by atoms with van der Waals surface area (Å²) in [7, 11) is 0. The van der Waals surface area contributed by atoms with Crippen molar-refractivity contribution in [2.75, 3.05) is 19.8 Å². The van der Waals surface area contributed by atoms with Crippen LogP contribution in [0.4, 0.5) is 0 Å². The summed E-state index contributed by atoms with van der Waals surface area (Å²) in [5.74, 6) is 0.0204. The molecule has 2 fully saturated rings. The standard InChI is InChI=1S/C18H33NO3/c1-2-22-13-12-17(8-6-7-9-17)15-19-16(20)14-18(21)10-4-3-5-11-18/h21H,2-15H2,1H3,(H,19,20). The molecule has 0 radical (unpaired) electrons. The Morgan fingerprint density at radius 1 is 1.09 bits per heavy atom. The van der Waals surface area contributed by atoms with Gasteiger partial charge < -0.3 is 15.2 Å². The van der Waals surface area contributed by atoms with Gasteiger partial charge in [-0.2, -0.15) is 0 Å². The van der Waals surface area contributed by atoms with Gasteiger partial charge in [0.25, 0.3) is 0 Å². The van der Waals surface area contributed by atoms with Crippen molar-refractivity contribution in [1.29, 1.82) is 0 Å². The van der Waals surface area contributed by atoms with E-state index >= 15 is 0 Å². The number of aliphatic hydroxyl groups is 1. The van der Waals surface area contributed by atoms with Crippen LogP contribution in [-0.2, 0) is 9.53 Å². The van der Waals surface area contributed by atoms with Crippen LogP contribution in [0.2, 0.25) is 0 Å². The average molecular weight is 311 g/mol. The fraction of sp³-hybridized carbons (Fsp3) is 0.944. The Morgan fingerprint density at radius 2 is 1.73 bits per heavy atom. The molecule has 2 rings (SSSR count). The van der Waals surface area contributed by atoms with Gasteiger partial charge in [0.2, 0.25) is 5.91 Å². The van der Waals surface area contributed by atoms with Crippen molar-refractivity contribution in [3.05, 3.63) is 0 Å². The SMILES string of the molecule is CCOCCC1(CNC(=O)CC2(O)CCCCC2)CCCC1. The summed E-state index contributed by atoms with van der Waals surface area (Å²) in [6.45, 7) is 4.31. The first-order valence-corrected chi connectivity index (χ1v) is 9.14. The molecule has 2 N–H and O–H groups in total. The van der Waals surface area contributed by atoms with E-state index in [1.165, 1.54) is 32.1 Å². The molecule has 2 saturated carbocycles. The third-order valence-electron chi connectivity index (χ3n) is 5.58. The number of hydrogen-bond acceptors (Lipinski definition) is 3. The second kappa shape index (κ2) is 8.30. The Hall–Kier alpha value is -0.610. The lowest BCUT2D eigenvalue weighted by Crippen LogP contribution is -2.42. The molecular weight excluding hydrogens is 278 g/mol. The van der Waals surface area contributed by atoms with Crippen molar-refractivity contribution in [2.45, 2.75) is 83.2 Å². The molecule has 128 valence electrons. The van der Waals surface area contributed by atoms with E-state index in [1.54, 1.807) is 0 Å². The smallest absolute Gasteiger partial charge is 0.222 e. The van der Waals surface area contributed by atoms with Gasteiger partial charge in [-0.1, -0.05) is 32.1 Å². The van der Waals surface area contributed by atoms with Crippen molar-refractivity contribution in [1.82, 2.24) is 5.32 Å². The average Bonchev–Trinajstić information content (AvgIpc) is 2.95. The van der Waals surface area contributed by atoms with Crippen molar-refractivity contribution < 1.29 is 14.6 Å². The molecule has 1 amide bonds. The largest absolute Gasteiger partial charge is 0.389 e. The van der Waals surface area contributed by atoms with E-state index in [9.17, 15) is 9.90 Å². The molecule has 2 aliphatic rings. The minimum Gasteiger partial charge on any atom is -0.389 e. The quantitative estimate of drug-likeness (QED) is 0.677. The first-order valence-electron chi connectivity index (χ1n) is 9.14. The van der Waals surface area contributed by atoms with E-state index in [4.69, 9.17) is 4.74 Å². The fourth-order valence-electron chi connectivity index (χ4n) is 4.11. The molecule has 0 atom stereocenters. The van der Waals surface area contributed by atoms with Crippen LogP contribution in [0.3, 0.4) is 0 Å². The van der Waals surface area contributed by atoms with Gasteiger partial charge in [0.1, 0.15) is 0 Å². The zero-order valence-corrected chi connectivity index (χ0v) is 14.2. The fourth-order valence-corrected chi connectivity index (χ4v) is 4.11. The van der Waals surface area contributed by atoms with Crippen LogP contribution in [-0.4, -0.2) is 36.4 Å². The van der Waals surface area contributed by atoms with Gasteiger partial charge in [-0.15, -0.1) is 0 Å². The maximum atomic E-state index is 12.2. The predicted molar refractivity (Wildman–Crippen MR) is 87.7 cm³/mol. The normalized spacial score (nSPS) is 23.4. The maximum absolute atomic E-state index is 12.2. The molecule has 0 unspecified atom stereocenters. The summed E-state index contributed by atoms with van der Waals surface area (Å²) in [6, 6.07) is 0. The highest BCUT2D eigenvalue weighted by atomic mass is 16.5. The van der Waals surface area contributed by atoms with Crippen LogP contribution in [0.25, 0.3) is 0 Å². The van der Waals surface area contributed by atoms with E-state index in [0.29, 0.717) is 0 Å². The summed E-state index contributed by atoms with van der Waals surface area (Å²) < 4.78 is 5.51. The summed E-state index contributed by atoms with van der Waals surface area (Å²) >= 11 is 0. The molecule has 0 saturated heterocycles. The van der Waals surface area contributed by atoms with Crippen LogP contribution >= 0.6 is 0 Å². The van der Waals surface area contributed by atoms with Crippen LogP contribution in [0.1, 0.15) is 77.6 Å². The number of rotatable bonds is 8. The molecule has 0 aromatic heterocycles. The van der Waals surface area contributed by atoms with E-state index < -0.39 is 5.60 Å². The Bertz CT molecular complexity index is 344. The van der Waals surface area contributed by atoms with Crippen molar-refractivity contribution in [3.8, 4) is 0 Å². The number of ether oxygens (including phenoxy) is 1. The number of amides is 1. The van der Waals surface area contributed by atoms with Gasteiger partial charge in [-0.05, 0) is 44.4 Å². The third-order valence-corrected chi connectivity index (χ3v) is 5.58. The molecule has 0 aromatic carbocycles. The van der Waals surface area contributed by atoms with Crippen LogP contribution in [0, 0.1) is 5.41 Å². The molecule has 0 aliphatic heterocycles. The zero-order valence-electron chi connectivity index (χ0n) is 14.2. The summed E-state index contributed by atoms with van der Waals surface area (Å²) in [6.07, 6.45) is 11.0. The van der Waals surface area contributed by atoms with Gasteiger partial charge >= 0.3 is 0 Å². The number of hydrogen-bond donors (Lipinski definition) is 2. The second-order valence-corrected chi connectivity index (χ2v) is 7.39. The van der Waals surface area contributed by atoms with E-state index in [1.807, 2.05) is 6.92 Å². The van der Waals surface area contributed by atoms with E-state index in [0.717, 1.165) is 51.9 Å². The lowest BCUT2D eigenvalue weighted by molar-refractivity contribution is -0.128. The minimum absolute atomic E-state index is 0.0204. The lowest BCUT2D eigenvalue weighted by Gasteiger charge is -2.33. The monoisotopic (exact) mass is 311 g/mol. The Balaban J connectivity index is 1.77. The van der Waals surface area contributed by atoms with Crippen LogP contribution in [0.15, 0.2) is 0 Å². The van der Waals surface area contributed by atoms with Gasteiger partial charge in [-0.25, -0.2) is 0 Å². The topological polar surface area (TPSA) is 58.6 Å². The number of carbonyl (C=O) groups is 1. The second-order valence-electron chi connectivity index (χ2n) is 7.39.